The van der Waals surface area contributed by atoms with E-state index in [0.717, 1.165) is 0 Å². The van der Waals surface area contributed by atoms with Gasteiger partial charge in [-0.25, -0.2) is 4.79 Å². The molecule has 1 unspecified atom stereocenters. The van der Waals surface area contributed by atoms with Gasteiger partial charge in [-0.3, -0.25) is 15.3 Å². The van der Waals surface area contributed by atoms with Crippen LogP contribution in [0.1, 0.15) is 25.2 Å². The van der Waals surface area contributed by atoms with Crippen molar-refractivity contribution in [2.24, 2.45) is 0 Å². The Morgan fingerprint density at radius 3 is 2.45 bits per heavy atom. The van der Waals surface area contributed by atoms with Gasteiger partial charge >= 0.3 is 12.1 Å². The zero-order chi connectivity index (χ0) is 15.4. The maximum absolute atomic E-state index is 12.4. The first kappa shape index (κ1) is 16.4. The summed E-state index contributed by atoms with van der Waals surface area (Å²) < 4.78 is 42.0. The molecular formula is C12H16F3N3O2. The van der Waals surface area contributed by atoms with Crippen LogP contribution in [0.3, 0.4) is 0 Å². The smallest absolute Gasteiger partial charge is 0.401 e. The first-order valence-electron chi connectivity index (χ1n) is 5.98. The molecule has 1 rings (SSSR count). The normalized spacial score (nSPS) is 14.7. The number of halogens is 3. The summed E-state index contributed by atoms with van der Waals surface area (Å²) >= 11 is 0. The number of ether oxygens (including phenoxy) is 1. The Bertz CT molecular complexity index is 479. The van der Waals surface area contributed by atoms with Gasteiger partial charge in [-0.05, 0) is 20.8 Å². The van der Waals surface area contributed by atoms with E-state index in [1.807, 2.05) is 0 Å². The number of alkyl halides is 3. The number of hydrogen-bond acceptors (Lipinski definition) is 5. The monoisotopic (exact) mass is 291 g/mol. The summed E-state index contributed by atoms with van der Waals surface area (Å²) in [5.41, 5.74) is -1.23. The molecule has 0 radical (unpaired) electrons. The van der Waals surface area contributed by atoms with Gasteiger partial charge in [0.15, 0.2) is 5.54 Å². The lowest BCUT2D eigenvalue weighted by Crippen LogP contribution is -2.51. The van der Waals surface area contributed by atoms with Gasteiger partial charge in [-0.1, -0.05) is 0 Å². The van der Waals surface area contributed by atoms with Crippen LogP contribution in [0.15, 0.2) is 12.4 Å². The summed E-state index contributed by atoms with van der Waals surface area (Å²) in [5, 5.41) is 2.18. The molecular weight excluding hydrogens is 275 g/mol. The number of nitrogens with one attached hydrogen (secondary N) is 1. The highest BCUT2D eigenvalue weighted by Gasteiger charge is 2.42. The third kappa shape index (κ3) is 3.89. The fraction of sp³-hybridized carbons (Fsp3) is 0.583. The van der Waals surface area contributed by atoms with Crippen molar-refractivity contribution in [3.05, 3.63) is 23.8 Å². The van der Waals surface area contributed by atoms with Crippen LogP contribution in [-0.2, 0) is 15.1 Å². The molecule has 1 heterocycles. The van der Waals surface area contributed by atoms with Crippen LogP contribution in [-0.4, -0.2) is 35.3 Å². The first-order chi connectivity index (χ1) is 9.20. The summed E-state index contributed by atoms with van der Waals surface area (Å²) in [4.78, 5) is 19.9. The summed E-state index contributed by atoms with van der Waals surface area (Å²) in [5.74, 6) is -0.826. The van der Waals surface area contributed by atoms with Crippen molar-refractivity contribution in [2.45, 2.75) is 32.5 Å². The van der Waals surface area contributed by atoms with Gasteiger partial charge < -0.3 is 4.74 Å². The molecule has 0 spiro atoms. The maximum Gasteiger partial charge on any atom is 0.401 e. The maximum atomic E-state index is 12.4. The molecule has 1 aromatic rings. The van der Waals surface area contributed by atoms with E-state index in [1.54, 1.807) is 13.8 Å². The van der Waals surface area contributed by atoms with Crippen molar-refractivity contribution in [2.75, 3.05) is 13.2 Å². The second kappa shape index (κ2) is 6.17. The summed E-state index contributed by atoms with van der Waals surface area (Å²) in [6, 6.07) is 0. The van der Waals surface area contributed by atoms with E-state index in [-0.39, 0.29) is 12.3 Å². The van der Waals surface area contributed by atoms with Crippen LogP contribution in [0.4, 0.5) is 13.2 Å². The van der Waals surface area contributed by atoms with Crippen LogP contribution in [0.5, 0.6) is 0 Å². The molecule has 0 aromatic carbocycles. The summed E-state index contributed by atoms with van der Waals surface area (Å²) in [7, 11) is 0. The van der Waals surface area contributed by atoms with Crippen molar-refractivity contribution >= 4 is 5.97 Å². The molecule has 1 aromatic heterocycles. The standard InChI is InChI=1S/C12H16F3N3O2/c1-4-20-10(19)11(3,18-7-12(13,14)15)9-8(2)16-5-6-17-9/h5-6,18H,4,7H2,1-3H3. The fourth-order valence-corrected chi connectivity index (χ4v) is 1.70. The molecule has 0 aliphatic heterocycles. The second-order valence-electron chi connectivity index (χ2n) is 4.30. The lowest BCUT2D eigenvalue weighted by molar-refractivity contribution is -0.155. The Labute approximate surface area is 114 Å². The van der Waals surface area contributed by atoms with Gasteiger partial charge in [-0.2, -0.15) is 13.2 Å². The van der Waals surface area contributed by atoms with E-state index < -0.39 is 24.2 Å². The van der Waals surface area contributed by atoms with Gasteiger partial charge in [0.05, 0.1) is 24.5 Å². The SMILES string of the molecule is CCOC(=O)C(C)(NCC(F)(F)F)c1nccnc1C. The third-order valence-electron chi connectivity index (χ3n) is 2.68. The topological polar surface area (TPSA) is 64.1 Å². The average Bonchev–Trinajstić information content (AvgIpc) is 2.36. The van der Waals surface area contributed by atoms with Crippen molar-refractivity contribution < 1.29 is 22.7 Å². The predicted molar refractivity (Wildman–Crippen MR) is 64.8 cm³/mol. The highest BCUT2D eigenvalue weighted by molar-refractivity contribution is 5.81. The van der Waals surface area contributed by atoms with Crippen LogP contribution in [0.25, 0.3) is 0 Å². The van der Waals surface area contributed by atoms with Crippen molar-refractivity contribution in [1.29, 1.82) is 0 Å². The largest absolute Gasteiger partial charge is 0.464 e. The zero-order valence-corrected chi connectivity index (χ0v) is 11.4. The molecule has 0 fully saturated rings. The molecule has 1 N–H and O–H groups in total. The Hall–Kier alpha value is -1.70. The van der Waals surface area contributed by atoms with Crippen LogP contribution in [0.2, 0.25) is 0 Å². The van der Waals surface area contributed by atoms with E-state index in [4.69, 9.17) is 4.74 Å². The molecule has 0 bridgehead atoms. The van der Waals surface area contributed by atoms with Gasteiger partial charge in [-0.15, -0.1) is 0 Å². The van der Waals surface area contributed by atoms with E-state index in [0.29, 0.717) is 5.69 Å². The number of esters is 1. The van der Waals surface area contributed by atoms with Gasteiger partial charge in [0.2, 0.25) is 0 Å². The Kier molecular flexibility index (Phi) is 5.04. The molecule has 1 atom stereocenters. The van der Waals surface area contributed by atoms with Gasteiger partial charge in [0.1, 0.15) is 0 Å². The molecule has 0 saturated heterocycles. The number of aromatic nitrogens is 2. The molecule has 0 aliphatic carbocycles. The number of rotatable bonds is 5. The predicted octanol–water partition coefficient (Wildman–Crippen LogP) is 1.72. The molecule has 0 amide bonds. The highest BCUT2D eigenvalue weighted by atomic mass is 19.4. The van der Waals surface area contributed by atoms with E-state index in [2.05, 4.69) is 15.3 Å². The molecule has 5 nitrogen and oxygen atoms in total. The highest BCUT2D eigenvalue weighted by Crippen LogP contribution is 2.24. The van der Waals surface area contributed by atoms with Crippen LogP contribution in [0, 0.1) is 6.92 Å². The van der Waals surface area contributed by atoms with Gasteiger partial charge in [0.25, 0.3) is 0 Å². The molecule has 0 saturated carbocycles. The quantitative estimate of drug-likeness (QED) is 0.837. The molecule has 8 heteroatoms. The average molecular weight is 291 g/mol. The van der Waals surface area contributed by atoms with E-state index in [9.17, 15) is 18.0 Å². The van der Waals surface area contributed by atoms with Crippen LogP contribution >= 0.6 is 0 Å². The number of nitrogens with zero attached hydrogens (tertiary/aromatic N) is 2. The molecule has 112 valence electrons. The van der Waals surface area contributed by atoms with Crippen LogP contribution < -0.4 is 5.32 Å². The third-order valence-corrected chi connectivity index (χ3v) is 2.68. The minimum atomic E-state index is -4.45. The lowest BCUT2D eigenvalue weighted by Gasteiger charge is -2.29. The lowest BCUT2D eigenvalue weighted by atomic mass is 9.95. The zero-order valence-electron chi connectivity index (χ0n) is 11.4. The number of carbonyl (C=O) groups excluding carboxylic acids is 1. The second-order valence-corrected chi connectivity index (χ2v) is 4.30. The molecule has 20 heavy (non-hydrogen) atoms. The summed E-state index contributed by atoms with van der Waals surface area (Å²) in [6.07, 6.45) is -1.74. The minimum absolute atomic E-state index is 0.0570. The number of carbonyl (C=O) groups is 1. The number of aryl methyl sites for hydroxylation is 1. The van der Waals surface area contributed by atoms with Crippen molar-refractivity contribution in [3.63, 3.8) is 0 Å². The fourth-order valence-electron chi connectivity index (χ4n) is 1.70. The van der Waals surface area contributed by atoms with Crippen molar-refractivity contribution in [3.8, 4) is 0 Å². The minimum Gasteiger partial charge on any atom is -0.464 e. The van der Waals surface area contributed by atoms with E-state index >= 15 is 0 Å². The van der Waals surface area contributed by atoms with Crippen molar-refractivity contribution in [1.82, 2.24) is 15.3 Å². The molecule has 0 aliphatic rings. The number of hydrogen-bond donors (Lipinski definition) is 1. The Morgan fingerprint density at radius 1 is 1.35 bits per heavy atom. The van der Waals surface area contributed by atoms with E-state index in [1.165, 1.54) is 19.3 Å². The summed E-state index contributed by atoms with van der Waals surface area (Å²) in [6.45, 7) is 3.16. The Morgan fingerprint density at radius 2 is 1.95 bits per heavy atom. The Balaban J connectivity index is 3.14. The van der Waals surface area contributed by atoms with Gasteiger partial charge in [0, 0.05) is 12.4 Å². The first-order valence-corrected chi connectivity index (χ1v) is 5.98.